The van der Waals surface area contributed by atoms with Crippen LogP contribution in [-0.4, -0.2) is 41.4 Å². The highest BCUT2D eigenvalue weighted by Crippen LogP contribution is 2.18. The van der Waals surface area contributed by atoms with Crippen molar-refractivity contribution in [1.82, 2.24) is 15.5 Å². The average molecular weight is 315 g/mol. The lowest BCUT2D eigenvalue weighted by atomic mass is 10.1. The summed E-state index contributed by atoms with van der Waals surface area (Å²) >= 11 is 0. The quantitative estimate of drug-likeness (QED) is 0.802. The van der Waals surface area contributed by atoms with E-state index in [0.717, 1.165) is 36.1 Å². The first kappa shape index (κ1) is 15.5. The van der Waals surface area contributed by atoms with Crippen molar-refractivity contribution in [3.63, 3.8) is 0 Å². The van der Waals surface area contributed by atoms with Crippen LogP contribution < -0.4 is 10.6 Å². The largest absolute Gasteiger partial charge is 0.352 e. The predicted molar refractivity (Wildman–Crippen MR) is 84.6 cm³/mol. The number of imide groups is 1. The number of nitrogens with zero attached hydrogens (tertiary/aromatic N) is 1. The molecule has 0 spiro atoms. The van der Waals surface area contributed by atoms with Gasteiger partial charge in [0.05, 0.1) is 0 Å². The van der Waals surface area contributed by atoms with Crippen molar-refractivity contribution in [2.45, 2.75) is 44.2 Å². The fourth-order valence-electron chi connectivity index (χ4n) is 3.20. The van der Waals surface area contributed by atoms with Crippen molar-refractivity contribution in [2.75, 3.05) is 6.54 Å². The maximum absolute atomic E-state index is 12.4. The summed E-state index contributed by atoms with van der Waals surface area (Å²) in [6, 6.07) is 8.61. The first-order valence-corrected chi connectivity index (χ1v) is 8.08. The minimum Gasteiger partial charge on any atom is -0.352 e. The number of nitrogens with one attached hydrogen (secondary N) is 2. The van der Waals surface area contributed by atoms with Crippen LogP contribution in [-0.2, 0) is 16.0 Å². The highest BCUT2D eigenvalue weighted by Gasteiger charge is 2.39. The molecule has 1 saturated carbocycles. The molecule has 1 aliphatic heterocycles. The van der Waals surface area contributed by atoms with E-state index in [2.05, 4.69) is 10.6 Å². The third-order valence-electron chi connectivity index (χ3n) is 4.41. The van der Waals surface area contributed by atoms with E-state index in [1.54, 1.807) is 0 Å². The standard InChI is InChI=1S/C17H21N3O3/c21-15(18-13-8-4-5-9-13)11-20-16(22)14(19-17(20)23)10-12-6-2-1-3-7-12/h1-3,6-7,13-14H,4-5,8-11H2,(H,18,21)(H,19,23). The van der Waals surface area contributed by atoms with Gasteiger partial charge in [0.1, 0.15) is 12.6 Å². The van der Waals surface area contributed by atoms with E-state index < -0.39 is 12.1 Å². The highest BCUT2D eigenvalue weighted by atomic mass is 16.2. The van der Waals surface area contributed by atoms with Crippen molar-refractivity contribution >= 4 is 17.8 Å². The second-order valence-corrected chi connectivity index (χ2v) is 6.17. The molecule has 1 aromatic rings. The monoisotopic (exact) mass is 315 g/mol. The van der Waals surface area contributed by atoms with E-state index in [-0.39, 0.29) is 24.4 Å². The summed E-state index contributed by atoms with van der Waals surface area (Å²) in [5.41, 5.74) is 0.975. The molecule has 1 aromatic carbocycles. The van der Waals surface area contributed by atoms with Crippen LogP contribution in [0.5, 0.6) is 0 Å². The van der Waals surface area contributed by atoms with Gasteiger partial charge in [-0.2, -0.15) is 0 Å². The van der Waals surface area contributed by atoms with E-state index in [1.807, 2.05) is 30.3 Å². The molecule has 4 amide bonds. The highest BCUT2D eigenvalue weighted by molar-refractivity contribution is 6.06. The Morgan fingerprint density at radius 1 is 1.17 bits per heavy atom. The summed E-state index contributed by atoms with van der Waals surface area (Å²) in [6.07, 6.45) is 4.62. The van der Waals surface area contributed by atoms with E-state index >= 15 is 0 Å². The summed E-state index contributed by atoms with van der Waals surface area (Å²) < 4.78 is 0. The topological polar surface area (TPSA) is 78.5 Å². The Morgan fingerprint density at radius 3 is 2.57 bits per heavy atom. The normalized spacial score (nSPS) is 21.6. The molecule has 3 rings (SSSR count). The van der Waals surface area contributed by atoms with Gasteiger partial charge >= 0.3 is 6.03 Å². The van der Waals surface area contributed by atoms with Crippen LogP contribution in [0, 0.1) is 0 Å². The number of benzene rings is 1. The van der Waals surface area contributed by atoms with Gasteiger partial charge < -0.3 is 10.6 Å². The molecule has 6 heteroatoms. The lowest BCUT2D eigenvalue weighted by Gasteiger charge is -2.16. The predicted octanol–water partition coefficient (Wildman–Crippen LogP) is 1.21. The van der Waals surface area contributed by atoms with Crippen LogP contribution in [0.1, 0.15) is 31.2 Å². The Balaban J connectivity index is 1.56. The first-order chi connectivity index (χ1) is 11.1. The number of carbonyl (C=O) groups excluding carboxylic acids is 3. The molecule has 1 unspecified atom stereocenters. The number of hydrogen-bond donors (Lipinski definition) is 2. The zero-order valence-electron chi connectivity index (χ0n) is 13.0. The minimum absolute atomic E-state index is 0.184. The molecule has 23 heavy (non-hydrogen) atoms. The Hall–Kier alpha value is -2.37. The van der Waals surface area contributed by atoms with Crippen LogP contribution in [0.3, 0.4) is 0 Å². The zero-order valence-corrected chi connectivity index (χ0v) is 13.0. The molecular formula is C17H21N3O3. The molecule has 122 valence electrons. The van der Waals surface area contributed by atoms with Gasteiger partial charge in [0, 0.05) is 12.5 Å². The van der Waals surface area contributed by atoms with E-state index in [1.165, 1.54) is 0 Å². The minimum atomic E-state index is -0.593. The number of amides is 4. The van der Waals surface area contributed by atoms with Crippen LogP contribution in [0.2, 0.25) is 0 Å². The maximum atomic E-state index is 12.4. The Bertz CT molecular complexity index is 596. The zero-order chi connectivity index (χ0) is 16.2. The fourth-order valence-corrected chi connectivity index (χ4v) is 3.20. The van der Waals surface area contributed by atoms with Gasteiger partial charge in [0.2, 0.25) is 5.91 Å². The third kappa shape index (κ3) is 3.70. The van der Waals surface area contributed by atoms with Gasteiger partial charge in [0.25, 0.3) is 5.91 Å². The lowest BCUT2D eigenvalue weighted by molar-refractivity contribution is -0.132. The Labute approximate surface area is 135 Å². The SMILES string of the molecule is O=C(CN1C(=O)NC(Cc2ccccc2)C1=O)NC1CCCC1. The molecule has 0 aromatic heterocycles. The molecule has 0 radical (unpaired) electrons. The fraction of sp³-hybridized carbons (Fsp3) is 0.471. The second kappa shape index (κ2) is 6.81. The first-order valence-electron chi connectivity index (χ1n) is 8.08. The summed E-state index contributed by atoms with van der Waals surface area (Å²) in [5.74, 6) is -0.596. The van der Waals surface area contributed by atoms with Gasteiger partial charge in [-0.15, -0.1) is 0 Å². The average Bonchev–Trinajstić information content (AvgIpc) is 3.13. The maximum Gasteiger partial charge on any atom is 0.325 e. The van der Waals surface area contributed by atoms with Crippen LogP contribution >= 0.6 is 0 Å². The number of carbonyl (C=O) groups is 3. The molecule has 0 bridgehead atoms. The number of urea groups is 1. The molecule has 2 fully saturated rings. The molecule has 1 aliphatic carbocycles. The van der Waals surface area contributed by atoms with E-state index in [4.69, 9.17) is 0 Å². The van der Waals surface area contributed by atoms with Crippen molar-refractivity contribution in [3.8, 4) is 0 Å². The van der Waals surface area contributed by atoms with Crippen molar-refractivity contribution < 1.29 is 14.4 Å². The molecule has 1 atom stereocenters. The number of hydrogen-bond acceptors (Lipinski definition) is 3. The molecule has 1 heterocycles. The summed E-state index contributed by atoms with van der Waals surface area (Å²) in [6.45, 7) is -0.202. The van der Waals surface area contributed by atoms with Gasteiger partial charge in [0.15, 0.2) is 0 Å². The third-order valence-corrected chi connectivity index (χ3v) is 4.41. The number of rotatable bonds is 5. The smallest absolute Gasteiger partial charge is 0.325 e. The summed E-state index contributed by atoms with van der Waals surface area (Å²) in [5, 5.41) is 5.56. The molecular weight excluding hydrogens is 294 g/mol. The molecule has 2 aliphatic rings. The van der Waals surface area contributed by atoms with Crippen molar-refractivity contribution in [1.29, 1.82) is 0 Å². The molecule has 2 N–H and O–H groups in total. The van der Waals surface area contributed by atoms with Crippen molar-refractivity contribution in [2.24, 2.45) is 0 Å². The second-order valence-electron chi connectivity index (χ2n) is 6.17. The van der Waals surface area contributed by atoms with E-state index in [0.29, 0.717) is 6.42 Å². The summed E-state index contributed by atoms with van der Waals surface area (Å²) in [7, 11) is 0. The van der Waals surface area contributed by atoms with Gasteiger partial charge in [-0.3, -0.25) is 14.5 Å². The Morgan fingerprint density at radius 2 is 1.87 bits per heavy atom. The lowest BCUT2D eigenvalue weighted by Crippen LogP contribution is -2.44. The van der Waals surface area contributed by atoms with Crippen LogP contribution in [0.25, 0.3) is 0 Å². The van der Waals surface area contributed by atoms with Crippen molar-refractivity contribution in [3.05, 3.63) is 35.9 Å². The van der Waals surface area contributed by atoms with E-state index in [9.17, 15) is 14.4 Å². The summed E-state index contributed by atoms with van der Waals surface area (Å²) in [4.78, 5) is 37.4. The van der Waals surface area contributed by atoms with Gasteiger partial charge in [-0.1, -0.05) is 43.2 Å². The van der Waals surface area contributed by atoms with Crippen LogP contribution in [0.15, 0.2) is 30.3 Å². The Kier molecular flexibility index (Phi) is 4.60. The molecule has 1 saturated heterocycles. The van der Waals surface area contributed by atoms with Gasteiger partial charge in [-0.25, -0.2) is 4.79 Å². The van der Waals surface area contributed by atoms with Gasteiger partial charge in [-0.05, 0) is 18.4 Å². The molecule has 6 nitrogen and oxygen atoms in total. The van der Waals surface area contributed by atoms with Crippen LogP contribution in [0.4, 0.5) is 4.79 Å².